The number of carbonyl (C=O) groups excluding carboxylic acids is 2. The monoisotopic (exact) mass is 287 g/mol. The first kappa shape index (κ1) is 14.8. The highest BCUT2D eigenvalue weighted by Gasteiger charge is 2.09. The summed E-state index contributed by atoms with van der Waals surface area (Å²) in [6, 6.07) is 8.54. The van der Waals surface area contributed by atoms with Crippen LogP contribution >= 0.6 is 0 Å². The van der Waals surface area contributed by atoms with Crippen LogP contribution in [0.25, 0.3) is 10.8 Å². The Bertz CT molecular complexity index is 679. The SMILES string of the molecule is CC(C)C(=O)Nc1ccc2cc(O)cc(COC=O)c2c1. The van der Waals surface area contributed by atoms with Gasteiger partial charge in [-0.2, -0.15) is 0 Å². The van der Waals surface area contributed by atoms with E-state index in [9.17, 15) is 14.7 Å². The van der Waals surface area contributed by atoms with Crippen molar-refractivity contribution in [3.05, 3.63) is 35.9 Å². The van der Waals surface area contributed by atoms with Gasteiger partial charge in [-0.15, -0.1) is 0 Å². The third-order valence-corrected chi connectivity index (χ3v) is 3.12. The minimum atomic E-state index is -0.113. The van der Waals surface area contributed by atoms with E-state index < -0.39 is 0 Å². The Hall–Kier alpha value is -2.56. The van der Waals surface area contributed by atoms with Crippen LogP contribution in [-0.2, 0) is 20.9 Å². The Morgan fingerprint density at radius 3 is 2.76 bits per heavy atom. The number of ether oxygens (including phenoxy) is 1. The summed E-state index contributed by atoms with van der Waals surface area (Å²) >= 11 is 0. The molecule has 0 aliphatic carbocycles. The van der Waals surface area contributed by atoms with E-state index in [2.05, 4.69) is 5.32 Å². The average molecular weight is 287 g/mol. The van der Waals surface area contributed by atoms with Gasteiger partial charge in [-0.3, -0.25) is 9.59 Å². The van der Waals surface area contributed by atoms with Crippen molar-refractivity contribution in [1.82, 2.24) is 0 Å². The quantitative estimate of drug-likeness (QED) is 0.829. The van der Waals surface area contributed by atoms with Crippen LogP contribution in [0.2, 0.25) is 0 Å². The molecule has 0 saturated heterocycles. The second kappa shape index (κ2) is 6.26. The molecule has 0 aliphatic heterocycles. The topological polar surface area (TPSA) is 75.6 Å². The standard InChI is InChI=1S/C16H17NO4/c1-10(2)16(20)17-13-4-3-11-5-14(19)6-12(8-21-9-18)15(11)7-13/h3-7,9-10,19H,8H2,1-2H3,(H,17,20). The van der Waals surface area contributed by atoms with Crippen LogP contribution in [0.5, 0.6) is 5.75 Å². The van der Waals surface area contributed by atoms with Crippen molar-refractivity contribution >= 4 is 28.8 Å². The molecule has 21 heavy (non-hydrogen) atoms. The van der Waals surface area contributed by atoms with Crippen molar-refractivity contribution < 1.29 is 19.4 Å². The van der Waals surface area contributed by atoms with Gasteiger partial charge in [0, 0.05) is 17.2 Å². The molecule has 2 rings (SSSR count). The molecular weight excluding hydrogens is 270 g/mol. The summed E-state index contributed by atoms with van der Waals surface area (Å²) in [5.74, 6) is -0.0804. The van der Waals surface area contributed by atoms with Crippen LogP contribution in [0.3, 0.4) is 0 Å². The third kappa shape index (κ3) is 3.51. The average Bonchev–Trinajstić information content (AvgIpc) is 2.44. The molecule has 0 atom stereocenters. The van der Waals surface area contributed by atoms with Gasteiger partial charge >= 0.3 is 0 Å². The van der Waals surface area contributed by atoms with Crippen molar-refractivity contribution in [3.8, 4) is 5.75 Å². The van der Waals surface area contributed by atoms with Crippen LogP contribution in [0.4, 0.5) is 5.69 Å². The van der Waals surface area contributed by atoms with Gasteiger partial charge in [0.2, 0.25) is 5.91 Å². The molecule has 0 aromatic heterocycles. The van der Waals surface area contributed by atoms with Gasteiger partial charge in [-0.25, -0.2) is 0 Å². The van der Waals surface area contributed by atoms with E-state index in [0.717, 1.165) is 10.8 Å². The van der Waals surface area contributed by atoms with Gasteiger partial charge in [0.15, 0.2) is 0 Å². The summed E-state index contributed by atoms with van der Waals surface area (Å²) in [7, 11) is 0. The number of carbonyl (C=O) groups is 2. The lowest BCUT2D eigenvalue weighted by Gasteiger charge is -2.11. The lowest BCUT2D eigenvalue weighted by molar-refractivity contribution is -0.129. The number of amides is 1. The first-order chi connectivity index (χ1) is 10.0. The minimum absolute atomic E-state index is 0.0655. The Morgan fingerprint density at radius 2 is 2.10 bits per heavy atom. The summed E-state index contributed by atoms with van der Waals surface area (Å²) in [5.41, 5.74) is 1.34. The highest BCUT2D eigenvalue weighted by molar-refractivity contribution is 5.96. The molecule has 0 fully saturated rings. The molecule has 0 heterocycles. The number of aromatic hydroxyl groups is 1. The zero-order chi connectivity index (χ0) is 15.4. The number of phenolic OH excluding ortho intramolecular Hbond substituents is 1. The molecule has 0 unspecified atom stereocenters. The van der Waals surface area contributed by atoms with Crippen molar-refractivity contribution in [2.24, 2.45) is 5.92 Å². The van der Waals surface area contributed by atoms with Crippen molar-refractivity contribution in [3.63, 3.8) is 0 Å². The van der Waals surface area contributed by atoms with Crippen LogP contribution in [0.15, 0.2) is 30.3 Å². The van der Waals surface area contributed by atoms with E-state index in [1.165, 1.54) is 0 Å². The maximum absolute atomic E-state index is 11.7. The first-order valence-electron chi connectivity index (χ1n) is 6.63. The van der Waals surface area contributed by atoms with E-state index >= 15 is 0 Å². The Kier molecular flexibility index (Phi) is 4.42. The summed E-state index contributed by atoms with van der Waals surface area (Å²) in [5, 5.41) is 14.1. The Labute approximate surface area is 122 Å². The molecule has 0 saturated carbocycles. The maximum Gasteiger partial charge on any atom is 0.293 e. The molecule has 1 amide bonds. The molecule has 2 N–H and O–H groups in total. The number of phenols is 1. The lowest BCUT2D eigenvalue weighted by atomic mass is 10.0. The number of fused-ring (bicyclic) bond motifs is 1. The second-order valence-corrected chi connectivity index (χ2v) is 5.09. The number of anilines is 1. The van der Waals surface area contributed by atoms with Gasteiger partial charge < -0.3 is 15.2 Å². The van der Waals surface area contributed by atoms with E-state index in [1.54, 1.807) is 30.3 Å². The van der Waals surface area contributed by atoms with E-state index in [4.69, 9.17) is 4.74 Å². The van der Waals surface area contributed by atoms with Gasteiger partial charge in [0.1, 0.15) is 12.4 Å². The number of benzene rings is 2. The minimum Gasteiger partial charge on any atom is -0.508 e. The van der Waals surface area contributed by atoms with Crippen LogP contribution in [0.1, 0.15) is 19.4 Å². The molecule has 0 spiro atoms. The van der Waals surface area contributed by atoms with Crippen molar-refractivity contribution in [1.29, 1.82) is 0 Å². The number of hydrogen-bond acceptors (Lipinski definition) is 4. The molecule has 2 aromatic carbocycles. The summed E-state index contributed by atoms with van der Waals surface area (Å²) in [4.78, 5) is 22.1. The van der Waals surface area contributed by atoms with Gasteiger partial charge in [0.05, 0.1) is 0 Å². The maximum atomic E-state index is 11.7. The van der Waals surface area contributed by atoms with Crippen molar-refractivity contribution in [2.75, 3.05) is 5.32 Å². The molecule has 2 aromatic rings. The van der Waals surface area contributed by atoms with E-state index in [1.807, 2.05) is 13.8 Å². The van der Waals surface area contributed by atoms with E-state index in [0.29, 0.717) is 17.7 Å². The second-order valence-electron chi connectivity index (χ2n) is 5.09. The third-order valence-electron chi connectivity index (χ3n) is 3.12. The van der Waals surface area contributed by atoms with E-state index in [-0.39, 0.29) is 24.2 Å². The molecular formula is C16H17NO4. The molecule has 5 nitrogen and oxygen atoms in total. The first-order valence-corrected chi connectivity index (χ1v) is 6.63. The number of rotatable bonds is 5. The molecule has 5 heteroatoms. The fourth-order valence-electron chi connectivity index (χ4n) is 2.03. The van der Waals surface area contributed by atoms with Crippen molar-refractivity contribution in [2.45, 2.75) is 20.5 Å². The predicted molar refractivity (Wildman–Crippen MR) is 79.9 cm³/mol. The summed E-state index contributed by atoms with van der Waals surface area (Å²) in [6.07, 6.45) is 0. The Balaban J connectivity index is 2.42. The normalized spacial score (nSPS) is 10.6. The van der Waals surface area contributed by atoms with Gasteiger partial charge in [-0.1, -0.05) is 19.9 Å². The molecule has 0 aliphatic rings. The fourth-order valence-corrected chi connectivity index (χ4v) is 2.03. The van der Waals surface area contributed by atoms with Gasteiger partial charge in [0.25, 0.3) is 6.47 Å². The largest absolute Gasteiger partial charge is 0.508 e. The fraction of sp³-hybridized carbons (Fsp3) is 0.250. The highest BCUT2D eigenvalue weighted by Crippen LogP contribution is 2.28. The van der Waals surface area contributed by atoms with Crippen LogP contribution in [0, 0.1) is 5.92 Å². The number of nitrogens with one attached hydrogen (secondary N) is 1. The smallest absolute Gasteiger partial charge is 0.293 e. The summed E-state index contributed by atoms with van der Waals surface area (Å²) < 4.78 is 4.76. The highest BCUT2D eigenvalue weighted by atomic mass is 16.5. The molecule has 0 bridgehead atoms. The zero-order valence-corrected chi connectivity index (χ0v) is 11.9. The predicted octanol–water partition coefficient (Wildman–Crippen LogP) is 2.81. The van der Waals surface area contributed by atoms with Crippen LogP contribution < -0.4 is 5.32 Å². The lowest BCUT2D eigenvalue weighted by Crippen LogP contribution is -2.17. The van der Waals surface area contributed by atoms with Crippen LogP contribution in [-0.4, -0.2) is 17.5 Å². The summed E-state index contributed by atoms with van der Waals surface area (Å²) in [6.45, 7) is 4.06. The molecule has 0 radical (unpaired) electrons. The number of hydrogen-bond donors (Lipinski definition) is 2. The molecule has 110 valence electrons. The zero-order valence-electron chi connectivity index (χ0n) is 11.9. The Morgan fingerprint density at radius 1 is 1.33 bits per heavy atom. The van der Waals surface area contributed by atoms with Gasteiger partial charge in [-0.05, 0) is 35.0 Å².